The topological polar surface area (TPSA) is 42.2 Å². The summed E-state index contributed by atoms with van der Waals surface area (Å²) in [6, 6.07) is 15.4. The third-order valence-corrected chi connectivity index (χ3v) is 4.79. The zero-order chi connectivity index (χ0) is 17.8. The van der Waals surface area contributed by atoms with Crippen molar-refractivity contribution in [2.75, 3.05) is 0 Å². The van der Waals surface area contributed by atoms with Crippen LogP contribution < -0.4 is 0 Å². The molecular weight excluding hydrogens is 334 g/mol. The summed E-state index contributed by atoms with van der Waals surface area (Å²) < 4.78 is 2.11. The lowest BCUT2D eigenvalue weighted by atomic mass is 10.0. The number of hydrogen-bond donors (Lipinski definition) is 1. The molecule has 130 valence electrons. The Bertz CT molecular complexity index is 882. The number of benzene rings is 2. The van der Waals surface area contributed by atoms with Crippen LogP contribution in [0.3, 0.4) is 0 Å². The van der Waals surface area contributed by atoms with Crippen molar-refractivity contribution in [2.45, 2.75) is 38.8 Å². The third kappa shape index (κ3) is 4.12. The smallest absolute Gasteiger partial charge is 0.169 e. The van der Waals surface area contributed by atoms with Crippen LogP contribution in [0.15, 0.2) is 54.7 Å². The Kier molecular flexibility index (Phi) is 5.57. The fourth-order valence-electron chi connectivity index (χ4n) is 3.12. The number of hydrogen-bond acceptors (Lipinski definition) is 2. The van der Waals surface area contributed by atoms with Gasteiger partial charge in [0.05, 0.1) is 6.10 Å². The summed E-state index contributed by atoms with van der Waals surface area (Å²) in [5.41, 5.74) is 2.63. The van der Waals surface area contributed by atoms with Crippen LogP contribution in [-0.2, 0) is 13.0 Å². The van der Waals surface area contributed by atoms with E-state index in [9.17, 15) is 9.90 Å². The number of rotatable bonds is 7. The second kappa shape index (κ2) is 7.85. The molecule has 0 radical (unpaired) electrons. The van der Waals surface area contributed by atoms with Gasteiger partial charge in [-0.1, -0.05) is 48.0 Å². The zero-order valence-corrected chi connectivity index (χ0v) is 15.0. The molecule has 25 heavy (non-hydrogen) atoms. The average molecular weight is 356 g/mol. The third-order valence-electron chi connectivity index (χ3n) is 4.42. The van der Waals surface area contributed by atoms with Gasteiger partial charge in [-0.15, -0.1) is 0 Å². The van der Waals surface area contributed by atoms with Crippen LogP contribution in [0, 0.1) is 0 Å². The molecule has 3 rings (SSSR count). The molecule has 3 aromatic rings. The van der Waals surface area contributed by atoms with E-state index in [-0.39, 0.29) is 11.9 Å². The van der Waals surface area contributed by atoms with Crippen molar-refractivity contribution in [2.24, 2.45) is 0 Å². The van der Waals surface area contributed by atoms with Crippen LogP contribution in [-0.4, -0.2) is 21.6 Å². The van der Waals surface area contributed by atoms with Crippen molar-refractivity contribution < 1.29 is 9.90 Å². The van der Waals surface area contributed by atoms with E-state index < -0.39 is 0 Å². The van der Waals surface area contributed by atoms with E-state index in [0.29, 0.717) is 11.4 Å². The normalized spacial score (nSPS) is 12.4. The fraction of sp³-hybridized carbons (Fsp3) is 0.286. The van der Waals surface area contributed by atoms with Gasteiger partial charge in [0.1, 0.15) is 0 Å². The van der Waals surface area contributed by atoms with Gasteiger partial charge in [0.2, 0.25) is 0 Å². The van der Waals surface area contributed by atoms with Crippen molar-refractivity contribution in [1.29, 1.82) is 0 Å². The molecule has 0 aliphatic heterocycles. The first-order valence-corrected chi connectivity index (χ1v) is 8.96. The Morgan fingerprint density at radius 1 is 1.16 bits per heavy atom. The molecule has 3 nitrogen and oxygen atoms in total. The van der Waals surface area contributed by atoms with Crippen molar-refractivity contribution in [1.82, 2.24) is 4.57 Å². The summed E-state index contributed by atoms with van der Waals surface area (Å²) >= 11 is 6.20. The Balaban J connectivity index is 1.88. The van der Waals surface area contributed by atoms with Gasteiger partial charge in [0, 0.05) is 40.7 Å². The number of fused-ring (bicyclic) bond motifs is 1. The Hall–Kier alpha value is -2.10. The Morgan fingerprint density at radius 2 is 1.88 bits per heavy atom. The molecule has 0 fully saturated rings. The first kappa shape index (κ1) is 17.7. The number of halogens is 1. The van der Waals surface area contributed by atoms with Crippen molar-refractivity contribution in [3.8, 4) is 0 Å². The van der Waals surface area contributed by atoms with Crippen LogP contribution in [0.25, 0.3) is 10.9 Å². The lowest BCUT2D eigenvalue weighted by molar-refractivity contribution is 0.0994. The summed E-state index contributed by atoms with van der Waals surface area (Å²) in [7, 11) is 0. The lowest BCUT2D eigenvalue weighted by Gasteiger charge is -2.06. The predicted octanol–water partition coefficient (Wildman–Crippen LogP) is 4.88. The number of aliphatic hydroxyl groups is 1. The number of para-hydroxylation sites is 1. The molecule has 0 spiro atoms. The van der Waals surface area contributed by atoms with Gasteiger partial charge in [-0.25, -0.2) is 0 Å². The average Bonchev–Trinajstić information content (AvgIpc) is 2.96. The number of aliphatic hydroxyl groups excluding tert-OH is 1. The van der Waals surface area contributed by atoms with Gasteiger partial charge >= 0.3 is 0 Å². The van der Waals surface area contributed by atoms with Crippen LogP contribution in [0.5, 0.6) is 0 Å². The van der Waals surface area contributed by atoms with Gasteiger partial charge in [0.15, 0.2) is 5.78 Å². The maximum Gasteiger partial charge on any atom is 0.169 e. The Labute approximate surface area is 152 Å². The number of Topliss-reactive ketones (excluding diaryl/α,β-unsaturated/α-hetero) is 1. The maximum absolute atomic E-state index is 12.9. The van der Waals surface area contributed by atoms with Gasteiger partial charge in [-0.2, -0.15) is 0 Å². The number of nitrogens with zero attached hydrogens (tertiary/aromatic N) is 1. The molecule has 2 aromatic carbocycles. The van der Waals surface area contributed by atoms with Crippen molar-refractivity contribution >= 4 is 28.3 Å². The number of aromatic nitrogens is 1. The highest BCUT2D eigenvalue weighted by Crippen LogP contribution is 2.25. The van der Waals surface area contributed by atoms with Crippen LogP contribution in [0.1, 0.15) is 35.7 Å². The molecule has 0 unspecified atom stereocenters. The van der Waals surface area contributed by atoms with E-state index in [1.54, 1.807) is 6.92 Å². The highest BCUT2D eigenvalue weighted by Gasteiger charge is 2.16. The zero-order valence-electron chi connectivity index (χ0n) is 14.3. The highest BCUT2D eigenvalue weighted by atomic mass is 35.5. The molecule has 1 heterocycles. The SMILES string of the molecule is C[C@H](O)CCCn1cc(C(=O)Cc2ccccc2Cl)c2ccccc21. The molecular formula is C21H22ClNO2. The van der Waals surface area contributed by atoms with E-state index in [4.69, 9.17) is 11.6 Å². The largest absolute Gasteiger partial charge is 0.393 e. The number of carbonyl (C=O) groups excluding carboxylic acids is 1. The second-order valence-electron chi connectivity index (χ2n) is 6.44. The molecule has 0 saturated carbocycles. The van der Waals surface area contributed by atoms with Crippen molar-refractivity contribution in [3.63, 3.8) is 0 Å². The quantitative estimate of drug-likeness (QED) is 0.613. The summed E-state index contributed by atoms with van der Waals surface area (Å²) in [4.78, 5) is 12.9. The summed E-state index contributed by atoms with van der Waals surface area (Å²) in [5.74, 6) is 0.0681. The maximum atomic E-state index is 12.9. The molecule has 0 aliphatic rings. The standard InChI is InChI=1S/C21H22ClNO2/c1-15(24)7-6-12-23-14-18(17-9-3-5-11-20(17)23)21(25)13-16-8-2-4-10-19(16)22/h2-5,8-11,14-15,24H,6-7,12-13H2,1H3/t15-/m0/s1. The molecule has 1 atom stereocenters. The summed E-state index contributed by atoms with van der Waals surface area (Å²) in [6.45, 7) is 2.58. The summed E-state index contributed by atoms with van der Waals surface area (Å²) in [5, 5.41) is 11.0. The number of ketones is 1. The molecule has 0 aliphatic carbocycles. The fourth-order valence-corrected chi connectivity index (χ4v) is 3.32. The first-order valence-electron chi connectivity index (χ1n) is 8.59. The predicted molar refractivity (Wildman–Crippen MR) is 102 cm³/mol. The highest BCUT2D eigenvalue weighted by molar-refractivity contribution is 6.31. The van der Waals surface area contributed by atoms with Gasteiger partial charge in [-0.05, 0) is 37.5 Å². The van der Waals surface area contributed by atoms with E-state index in [0.717, 1.165) is 41.4 Å². The Morgan fingerprint density at radius 3 is 2.64 bits per heavy atom. The van der Waals surface area contributed by atoms with Crippen LogP contribution in [0.4, 0.5) is 0 Å². The molecule has 0 bridgehead atoms. The van der Waals surface area contributed by atoms with E-state index >= 15 is 0 Å². The number of aryl methyl sites for hydroxylation is 1. The monoisotopic (exact) mass is 355 g/mol. The van der Waals surface area contributed by atoms with E-state index in [1.807, 2.05) is 54.7 Å². The molecule has 0 amide bonds. The van der Waals surface area contributed by atoms with Gasteiger partial charge in [-0.3, -0.25) is 4.79 Å². The molecule has 0 saturated heterocycles. The van der Waals surface area contributed by atoms with Crippen molar-refractivity contribution in [3.05, 3.63) is 70.9 Å². The van der Waals surface area contributed by atoms with Gasteiger partial charge in [0.25, 0.3) is 0 Å². The van der Waals surface area contributed by atoms with Crippen LogP contribution >= 0.6 is 11.6 Å². The summed E-state index contributed by atoms with van der Waals surface area (Å²) in [6.07, 6.45) is 3.54. The minimum Gasteiger partial charge on any atom is -0.393 e. The van der Waals surface area contributed by atoms with Gasteiger partial charge < -0.3 is 9.67 Å². The number of carbonyl (C=O) groups is 1. The first-order chi connectivity index (χ1) is 12.1. The van der Waals surface area contributed by atoms with E-state index in [2.05, 4.69) is 4.57 Å². The molecule has 4 heteroatoms. The lowest BCUT2D eigenvalue weighted by Crippen LogP contribution is -2.05. The van der Waals surface area contributed by atoms with E-state index in [1.165, 1.54) is 0 Å². The minimum atomic E-state index is -0.303. The molecule has 1 N–H and O–H groups in total. The van der Waals surface area contributed by atoms with Crippen LogP contribution in [0.2, 0.25) is 5.02 Å². The minimum absolute atomic E-state index is 0.0681. The second-order valence-corrected chi connectivity index (χ2v) is 6.84. The molecule has 1 aromatic heterocycles.